The molecular formula is C12H15F3N4O2. The van der Waals surface area contributed by atoms with Crippen LogP contribution < -0.4 is 10.2 Å². The van der Waals surface area contributed by atoms with E-state index >= 15 is 0 Å². The second kappa shape index (κ2) is 6.25. The molecule has 116 valence electrons. The average molecular weight is 304 g/mol. The molecule has 1 fully saturated rings. The van der Waals surface area contributed by atoms with E-state index in [9.17, 15) is 18.0 Å². The number of rotatable bonds is 4. The molecule has 0 saturated carbocycles. The summed E-state index contributed by atoms with van der Waals surface area (Å²) in [5.74, 6) is -0.650. The van der Waals surface area contributed by atoms with Gasteiger partial charge in [0.1, 0.15) is 0 Å². The first-order chi connectivity index (χ1) is 9.86. The summed E-state index contributed by atoms with van der Waals surface area (Å²) in [7, 11) is 0. The summed E-state index contributed by atoms with van der Waals surface area (Å²) in [5, 5.41) is 11.5. The maximum atomic E-state index is 12.4. The van der Waals surface area contributed by atoms with E-state index in [4.69, 9.17) is 5.11 Å². The molecule has 9 heteroatoms. The summed E-state index contributed by atoms with van der Waals surface area (Å²) >= 11 is 0. The van der Waals surface area contributed by atoms with Crippen LogP contribution in [0.15, 0.2) is 12.4 Å². The van der Waals surface area contributed by atoms with Gasteiger partial charge in [-0.1, -0.05) is 0 Å². The van der Waals surface area contributed by atoms with E-state index in [1.807, 2.05) is 0 Å². The van der Waals surface area contributed by atoms with Gasteiger partial charge in [0.05, 0.1) is 12.1 Å². The Bertz CT molecular complexity index is 484. The van der Waals surface area contributed by atoms with E-state index in [0.29, 0.717) is 25.9 Å². The summed E-state index contributed by atoms with van der Waals surface area (Å²) in [6.45, 7) is 1.05. The summed E-state index contributed by atoms with van der Waals surface area (Å²) in [6.07, 6.45) is -1.50. The summed E-state index contributed by atoms with van der Waals surface area (Å²) in [6, 6.07) is 0.0896. The van der Waals surface area contributed by atoms with Gasteiger partial charge < -0.3 is 15.3 Å². The maximum Gasteiger partial charge on any atom is 0.419 e. The summed E-state index contributed by atoms with van der Waals surface area (Å²) in [5.41, 5.74) is -0.871. The second-order valence-corrected chi connectivity index (χ2v) is 4.81. The number of hydrogen-bond acceptors (Lipinski definition) is 5. The molecule has 0 aliphatic carbocycles. The highest BCUT2D eigenvalue weighted by Gasteiger charge is 2.31. The highest BCUT2D eigenvalue weighted by atomic mass is 19.4. The van der Waals surface area contributed by atoms with Gasteiger partial charge in [0.25, 0.3) is 0 Å². The zero-order valence-electron chi connectivity index (χ0n) is 11.1. The predicted molar refractivity (Wildman–Crippen MR) is 67.9 cm³/mol. The van der Waals surface area contributed by atoms with E-state index < -0.39 is 17.7 Å². The molecule has 2 heterocycles. The SMILES string of the molecule is O=C(O)CNC1CCN(c2ncc(C(F)(F)F)cn2)CC1. The Labute approximate surface area is 119 Å². The minimum Gasteiger partial charge on any atom is -0.480 e. The first-order valence-electron chi connectivity index (χ1n) is 6.45. The number of carbonyl (C=O) groups is 1. The number of halogens is 3. The van der Waals surface area contributed by atoms with Gasteiger partial charge in [0.2, 0.25) is 5.95 Å². The third-order valence-electron chi connectivity index (χ3n) is 3.29. The first kappa shape index (κ1) is 15.5. The number of piperidine rings is 1. The molecule has 2 rings (SSSR count). The molecule has 0 radical (unpaired) electrons. The van der Waals surface area contributed by atoms with Gasteiger partial charge in [-0.2, -0.15) is 13.2 Å². The van der Waals surface area contributed by atoms with Crippen LogP contribution in [0.25, 0.3) is 0 Å². The second-order valence-electron chi connectivity index (χ2n) is 4.81. The monoisotopic (exact) mass is 304 g/mol. The van der Waals surface area contributed by atoms with Crippen molar-refractivity contribution < 1.29 is 23.1 Å². The molecule has 1 aromatic heterocycles. The number of aliphatic carboxylic acids is 1. The Morgan fingerprint density at radius 3 is 2.38 bits per heavy atom. The number of nitrogens with one attached hydrogen (secondary N) is 1. The lowest BCUT2D eigenvalue weighted by atomic mass is 10.1. The number of alkyl halides is 3. The standard InChI is InChI=1S/C12H15F3N4O2/c13-12(14,15)8-5-17-11(18-6-8)19-3-1-9(2-4-19)16-7-10(20)21/h5-6,9,16H,1-4,7H2,(H,20,21). The van der Waals surface area contributed by atoms with Crippen LogP contribution in [0.3, 0.4) is 0 Å². The average Bonchev–Trinajstić information content (AvgIpc) is 2.45. The number of nitrogens with zero attached hydrogens (tertiary/aromatic N) is 3. The molecule has 0 atom stereocenters. The largest absolute Gasteiger partial charge is 0.480 e. The highest BCUT2D eigenvalue weighted by Crippen LogP contribution is 2.28. The molecule has 21 heavy (non-hydrogen) atoms. The van der Waals surface area contributed by atoms with Crippen molar-refractivity contribution in [2.45, 2.75) is 25.1 Å². The third-order valence-corrected chi connectivity index (χ3v) is 3.29. The molecule has 0 aromatic carbocycles. The highest BCUT2D eigenvalue weighted by molar-refractivity contribution is 5.69. The number of anilines is 1. The lowest BCUT2D eigenvalue weighted by Gasteiger charge is -2.32. The fourth-order valence-corrected chi connectivity index (χ4v) is 2.15. The van der Waals surface area contributed by atoms with E-state index in [0.717, 1.165) is 12.4 Å². The molecular weight excluding hydrogens is 289 g/mol. The number of aromatic nitrogens is 2. The van der Waals surface area contributed by atoms with E-state index in [-0.39, 0.29) is 18.5 Å². The molecule has 2 N–H and O–H groups in total. The van der Waals surface area contributed by atoms with Crippen LogP contribution in [-0.2, 0) is 11.0 Å². The van der Waals surface area contributed by atoms with Crippen LogP contribution in [0.5, 0.6) is 0 Å². The molecule has 1 aliphatic heterocycles. The molecule has 0 amide bonds. The van der Waals surface area contributed by atoms with Crippen LogP contribution in [0.1, 0.15) is 18.4 Å². The predicted octanol–water partition coefficient (Wildman–Crippen LogP) is 1.14. The molecule has 0 unspecified atom stereocenters. The Morgan fingerprint density at radius 2 is 1.90 bits per heavy atom. The molecule has 1 aliphatic rings. The van der Waals surface area contributed by atoms with Crippen LogP contribution >= 0.6 is 0 Å². The first-order valence-corrected chi connectivity index (χ1v) is 6.45. The van der Waals surface area contributed by atoms with Crippen molar-refractivity contribution in [3.8, 4) is 0 Å². The topological polar surface area (TPSA) is 78.4 Å². The summed E-state index contributed by atoms with van der Waals surface area (Å²) in [4.78, 5) is 19.7. The van der Waals surface area contributed by atoms with E-state index in [1.54, 1.807) is 4.90 Å². The van der Waals surface area contributed by atoms with Gasteiger partial charge >= 0.3 is 12.1 Å². The van der Waals surface area contributed by atoms with E-state index in [2.05, 4.69) is 15.3 Å². The van der Waals surface area contributed by atoms with Crippen LogP contribution in [0.4, 0.5) is 19.1 Å². The van der Waals surface area contributed by atoms with Gasteiger partial charge in [-0.25, -0.2) is 9.97 Å². The lowest BCUT2D eigenvalue weighted by molar-refractivity contribution is -0.138. The van der Waals surface area contributed by atoms with Crippen LogP contribution in [0.2, 0.25) is 0 Å². The van der Waals surface area contributed by atoms with Crippen molar-refractivity contribution in [2.24, 2.45) is 0 Å². The van der Waals surface area contributed by atoms with Gasteiger partial charge in [0.15, 0.2) is 0 Å². The van der Waals surface area contributed by atoms with Crippen molar-refractivity contribution in [3.63, 3.8) is 0 Å². The van der Waals surface area contributed by atoms with Gasteiger partial charge in [-0.05, 0) is 12.8 Å². The normalized spacial score (nSPS) is 17.0. The van der Waals surface area contributed by atoms with Gasteiger partial charge in [0, 0.05) is 31.5 Å². The maximum absolute atomic E-state index is 12.4. The van der Waals surface area contributed by atoms with Crippen molar-refractivity contribution in [1.82, 2.24) is 15.3 Å². The minimum atomic E-state index is -4.44. The van der Waals surface area contributed by atoms with Crippen molar-refractivity contribution in [1.29, 1.82) is 0 Å². The van der Waals surface area contributed by atoms with Crippen molar-refractivity contribution in [2.75, 3.05) is 24.5 Å². The van der Waals surface area contributed by atoms with Gasteiger partial charge in [-0.3, -0.25) is 4.79 Å². The number of carboxylic acids is 1. The Morgan fingerprint density at radius 1 is 1.33 bits per heavy atom. The van der Waals surface area contributed by atoms with Gasteiger partial charge in [-0.15, -0.1) is 0 Å². The summed E-state index contributed by atoms with van der Waals surface area (Å²) < 4.78 is 37.2. The Balaban J connectivity index is 1.89. The van der Waals surface area contributed by atoms with Crippen LogP contribution in [0, 0.1) is 0 Å². The third kappa shape index (κ3) is 4.28. The molecule has 0 bridgehead atoms. The number of carboxylic acid groups (broad SMARTS) is 1. The van der Waals surface area contributed by atoms with Crippen molar-refractivity contribution >= 4 is 11.9 Å². The quantitative estimate of drug-likeness (QED) is 0.868. The number of hydrogen-bond donors (Lipinski definition) is 2. The minimum absolute atomic E-state index is 0.0896. The fraction of sp³-hybridized carbons (Fsp3) is 0.583. The molecule has 1 saturated heterocycles. The molecule has 6 nitrogen and oxygen atoms in total. The van der Waals surface area contributed by atoms with Crippen LogP contribution in [-0.4, -0.2) is 46.7 Å². The fourth-order valence-electron chi connectivity index (χ4n) is 2.15. The Hall–Kier alpha value is -1.90. The molecule has 0 spiro atoms. The molecule has 1 aromatic rings. The zero-order chi connectivity index (χ0) is 15.5. The van der Waals surface area contributed by atoms with E-state index in [1.165, 1.54) is 0 Å². The smallest absolute Gasteiger partial charge is 0.419 e. The van der Waals surface area contributed by atoms with Crippen molar-refractivity contribution in [3.05, 3.63) is 18.0 Å². The Kier molecular flexibility index (Phi) is 4.61. The lowest BCUT2D eigenvalue weighted by Crippen LogP contribution is -2.44. The zero-order valence-corrected chi connectivity index (χ0v) is 11.1.